The zero-order chi connectivity index (χ0) is 11.2. The fraction of sp³-hybridized carbons (Fsp3) is 0.727. The van der Waals surface area contributed by atoms with Crippen LogP contribution in [-0.2, 0) is 14.2 Å². The topological polar surface area (TPSA) is 27.7 Å². The zero-order valence-corrected chi connectivity index (χ0v) is 9.58. The van der Waals surface area contributed by atoms with Gasteiger partial charge in [0.2, 0.25) is 5.79 Å². The van der Waals surface area contributed by atoms with E-state index in [1.165, 1.54) is 6.26 Å². The average molecular weight is 201 g/mol. The minimum Gasteiger partial charge on any atom is -0.468 e. The van der Waals surface area contributed by atoms with Crippen molar-refractivity contribution < 1.29 is 14.2 Å². The maximum Gasteiger partial charge on any atom is 0.230 e. The van der Waals surface area contributed by atoms with Crippen LogP contribution in [0.5, 0.6) is 0 Å². The van der Waals surface area contributed by atoms with Crippen LogP contribution in [0, 0.1) is 6.92 Å². The monoisotopic (exact) mass is 201 g/mol. The quantitative estimate of drug-likeness (QED) is 0.468. The van der Waals surface area contributed by atoms with Crippen LogP contribution in [0.4, 0.5) is 0 Å². The van der Waals surface area contributed by atoms with Gasteiger partial charge in [0.05, 0.1) is 18.5 Å². The Morgan fingerprint density at radius 3 is 2.29 bits per heavy atom. The predicted octanol–water partition coefficient (Wildman–Crippen LogP) is 2.53. The second-order valence-corrected chi connectivity index (χ2v) is 3.71. The number of rotatable bonds is 7. The predicted molar refractivity (Wildman–Crippen MR) is 56.7 cm³/mol. The Morgan fingerprint density at radius 1 is 1.36 bits per heavy atom. The van der Waals surface area contributed by atoms with Gasteiger partial charge in [-0.05, 0) is 27.7 Å². The van der Waals surface area contributed by atoms with Crippen molar-refractivity contribution >= 4 is 0 Å². The molecule has 0 fully saturated rings. The highest BCUT2D eigenvalue weighted by Gasteiger charge is 2.28. The van der Waals surface area contributed by atoms with Gasteiger partial charge in [0.25, 0.3) is 0 Å². The average Bonchev–Trinajstić information content (AvgIpc) is 2.00. The summed E-state index contributed by atoms with van der Waals surface area (Å²) in [5.41, 5.74) is 0. The van der Waals surface area contributed by atoms with E-state index in [4.69, 9.17) is 14.2 Å². The second kappa shape index (κ2) is 6.04. The molecule has 0 heterocycles. The minimum atomic E-state index is -0.798. The first kappa shape index (κ1) is 13.5. The molecule has 0 amide bonds. The van der Waals surface area contributed by atoms with E-state index in [9.17, 15) is 0 Å². The van der Waals surface area contributed by atoms with Gasteiger partial charge in [-0.25, -0.2) is 0 Å². The Bertz CT molecular complexity index is 166. The van der Waals surface area contributed by atoms with Crippen molar-refractivity contribution in [1.82, 2.24) is 0 Å². The Balaban J connectivity index is 4.15. The van der Waals surface area contributed by atoms with E-state index in [1.807, 2.05) is 20.8 Å². The summed E-state index contributed by atoms with van der Waals surface area (Å²) in [6.45, 7) is 15.2. The van der Waals surface area contributed by atoms with Crippen molar-refractivity contribution in [3.8, 4) is 0 Å². The van der Waals surface area contributed by atoms with Crippen molar-refractivity contribution in [3.05, 3.63) is 19.8 Å². The molecule has 3 heteroatoms. The molecular formula is C11H21O3. The molecule has 0 saturated heterocycles. The van der Waals surface area contributed by atoms with Crippen molar-refractivity contribution in [3.63, 3.8) is 0 Å². The molecule has 0 aliphatic rings. The third kappa shape index (κ3) is 6.00. The van der Waals surface area contributed by atoms with Crippen LogP contribution < -0.4 is 0 Å². The molecular weight excluding hydrogens is 180 g/mol. The zero-order valence-electron chi connectivity index (χ0n) is 9.58. The maximum atomic E-state index is 5.50. The molecule has 2 atom stereocenters. The molecule has 3 nitrogen and oxygen atoms in total. The summed E-state index contributed by atoms with van der Waals surface area (Å²) in [6, 6.07) is 0. The summed E-state index contributed by atoms with van der Waals surface area (Å²) in [5, 5.41) is 0. The molecule has 0 N–H and O–H groups in total. The van der Waals surface area contributed by atoms with Crippen molar-refractivity contribution in [2.24, 2.45) is 0 Å². The molecule has 0 bridgehead atoms. The van der Waals surface area contributed by atoms with Crippen LogP contribution in [-0.4, -0.2) is 24.6 Å². The van der Waals surface area contributed by atoms with Gasteiger partial charge in [0.1, 0.15) is 6.61 Å². The van der Waals surface area contributed by atoms with E-state index in [-0.39, 0.29) is 12.2 Å². The van der Waals surface area contributed by atoms with Crippen LogP contribution >= 0.6 is 0 Å². The van der Waals surface area contributed by atoms with Gasteiger partial charge in [0, 0.05) is 6.92 Å². The normalized spacial score (nSPS) is 15.6. The lowest BCUT2D eigenvalue weighted by atomic mass is 10.3. The molecule has 0 aliphatic carbocycles. The van der Waals surface area contributed by atoms with Gasteiger partial charge in [-0.2, -0.15) is 0 Å². The van der Waals surface area contributed by atoms with Gasteiger partial charge in [-0.15, -0.1) is 0 Å². The fourth-order valence-electron chi connectivity index (χ4n) is 1.02. The molecule has 0 aromatic carbocycles. The second-order valence-electron chi connectivity index (χ2n) is 3.71. The SMILES string of the molecule is [CH2]C(C)OC(C)(COC(C)C)OC=C. The highest BCUT2D eigenvalue weighted by molar-refractivity contribution is 4.70. The first-order valence-corrected chi connectivity index (χ1v) is 4.81. The number of hydrogen-bond acceptors (Lipinski definition) is 3. The summed E-state index contributed by atoms with van der Waals surface area (Å²) in [4.78, 5) is 0. The Hall–Kier alpha value is -0.540. The summed E-state index contributed by atoms with van der Waals surface area (Å²) >= 11 is 0. The lowest BCUT2D eigenvalue weighted by Crippen LogP contribution is -2.39. The van der Waals surface area contributed by atoms with Crippen LogP contribution in [0.15, 0.2) is 12.8 Å². The van der Waals surface area contributed by atoms with E-state index in [2.05, 4.69) is 13.5 Å². The van der Waals surface area contributed by atoms with Crippen LogP contribution in [0.25, 0.3) is 0 Å². The van der Waals surface area contributed by atoms with Crippen LogP contribution in [0.2, 0.25) is 0 Å². The molecule has 0 spiro atoms. The van der Waals surface area contributed by atoms with Crippen LogP contribution in [0.3, 0.4) is 0 Å². The molecule has 0 rings (SSSR count). The number of ether oxygens (including phenoxy) is 3. The molecule has 2 unspecified atom stereocenters. The van der Waals surface area contributed by atoms with Gasteiger partial charge >= 0.3 is 0 Å². The Morgan fingerprint density at radius 2 is 1.93 bits per heavy atom. The van der Waals surface area contributed by atoms with E-state index >= 15 is 0 Å². The van der Waals surface area contributed by atoms with Gasteiger partial charge in [-0.3, -0.25) is 0 Å². The van der Waals surface area contributed by atoms with Crippen molar-refractivity contribution in [1.29, 1.82) is 0 Å². The Kier molecular flexibility index (Phi) is 5.81. The fourth-order valence-corrected chi connectivity index (χ4v) is 1.02. The Labute approximate surface area is 87.0 Å². The largest absolute Gasteiger partial charge is 0.468 e. The van der Waals surface area contributed by atoms with Gasteiger partial charge < -0.3 is 14.2 Å². The third-order valence-corrected chi connectivity index (χ3v) is 1.46. The van der Waals surface area contributed by atoms with Crippen LogP contribution in [0.1, 0.15) is 27.7 Å². The molecule has 14 heavy (non-hydrogen) atoms. The van der Waals surface area contributed by atoms with Crippen molar-refractivity contribution in [2.45, 2.75) is 45.7 Å². The smallest absolute Gasteiger partial charge is 0.230 e. The molecule has 0 aromatic heterocycles. The molecule has 1 radical (unpaired) electrons. The first-order valence-electron chi connectivity index (χ1n) is 4.81. The van der Waals surface area contributed by atoms with E-state index in [1.54, 1.807) is 6.92 Å². The van der Waals surface area contributed by atoms with Crippen molar-refractivity contribution in [2.75, 3.05) is 6.61 Å². The van der Waals surface area contributed by atoms with E-state index in [0.717, 1.165) is 0 Å². The molecule has 0 aromatic rings. The summed E-state index contributed by atoms with van der Waals surface area (Å²) in [5.74, 6) is -0.798. The minimum absolute atomic E-state index is 0.145. The van der Waals surface area contributed by atoms with E-state index < -0.39 is 5.79 Å². The number of hydrogen-bond donors (Lipinski definition) is 0. The summed E-state index contributed by atoms with van der Waals surface area (Å²) in [6.07, 6.45) is 1.34. The first-order chi connectivity index (χ1) is 6.39. The lowest BCUT2D eigenvalue weighted by Gasteiger charge is -2.31. The van der Waals surface area contributed by atoms with Gasteiger partial charge in [-0.1, -0.05) is 6.58 Å². The maximum absolute atomic E-state index is 5.50. The summed E-state index contributed by atoms with van der Waals surface area (Å²) < 4.78 is 16.2. The lowest BCUT2D eigenvalue weighted by molar-refractivity contribution is -0.240. The molecule has 83 valence electrons. The summed E-state index contributed by atoms with van der Waals surface area (Å²) in [7, 11) is 0. The molecule has 0 saturated carbocycles. The van der Waals surface area contributed by atoms with E-state index in [0.29, 0.717) is 6.61 Å². The third-order valence-electron chi connectivity index (χ3n) is 1.46. The molecule has 0 aliphatic heterocycles. The standard InChI is InChI=1S/C11H21O3/c1-7-13-11(6,14-10(4)5)8-12-9(2)3/h7,9-10H,1,4,8H2,2-3,5-6H3. The highest BCUT2D eigenvalue weighted by atomic mass is 16.7. The highest BCUT2D eigenvalue weighted by Crippen LogP contribution is 2.16. The van der Waals surface area contributed by atoms with Gasteiger partial charge in [0.15, 0.2) is 0 Å².